The predicted molar refractivity (Wildman–Crippen MR) is 73.7 cm³/mol. The Labute approximate surface area is 115 Å². The topological polar surface area (TPSA) is 58.6 Å². The van der Waals surface area contributed by atoms with E-state index in [9.17, 15) is 9.59 Å². The molecule has 1 unspecified atom stereocenters. The highest BCUT2D eigenvalue weighted by atomic mass is 16.5. The standard InChI is InChI=1S/C14H26N2O3/c1-5-19-14(18)11(4)15-12-6-8-16(9-7-12)13(17)10(2)3/h10-12,15H,5-9H2,1-4H3. The fourth-order valence-electron chi connectivity index (χ4n) is 2.32. The van der Waals surface area contributed by atoms with Gasteiger partial charge in [0.2, 0.25) is 5.91 Å². The largest absolute Gasteiger partial charge is 0.465 e. The van der Waals surface area contributed by atoms with Gasteiger partial charge in [-0.2, -0.15) is 0 Å². The molecule has 0 saturated carbocycles. The average molecular weight is 270 g/mol. The number of carbonyl (C=O) groups is 2. The maximum Gasteiger partial charge on any atom is 0.322 e. The van der Waals surface area contributed by atoms with Crippen molar-refractivity contribution < 1.29 is 14.3 Å². The lowest BCUT2D eigenvalue weighted by atomic mass is 10.0. The van der Waals surface area contributed by atoms with Gasteiger partial charge in [0, 0.05) is 25.0 Å². The summed E-state index contributed by atoms with van der Waals surface area (Å²) in [5.41, 5.74) is 0. The van der Waals surface area contributed by atoms with Gasteiger partial charge in [0.15, 0.2) is 0 Å². The number of nitrogens with zero attached hydrogens (tertiary/aromatic N) is 1. The van der Waals surface area contributed by atoms with Gasteiger partial charge in [-0.3, -0.25) is 9.59 Å². The van der Waals surface area contributed by atoms with Gasteiger partial charge in [0.25, 0.3) is 0 Å². The molecule has 0 radical (unpaired) electrons. The molecule has 5 nitrogen and oxygen atoms in total. The molecule has 0 bridgehead atoms. The minimum Gasteiger partial charge on any atom is -0.465 e. The smallest absolute Gasteiger partial charge is 0.322 e. The first-order chi connectivity index (χ1) is 8.95. The molecule has 1 atom stereocenters. The Morgan fingerprint density at radius 2 is 1.84 bits per heavy atom. The van der Waals surface area contributed by atoms with Crippen LogP contribution in [0.1, 0.15) is 40.5 Å². The maximum absolute atomic E-state index is 11.9. The second-order valence-electron chi connectivity index (χ2n) is 5.39. The SMILES string of the molecule is CCOC(=O)C(C)NC1CCN(C(=O)C(C)C)CC1. The van der Waals surface area contributed by atoms with E-state index in [-0.39, 0.29) is 29.9 Å². The lowest BCUT2D eigenvalue weighted by Gasteiger charge is -2.34. The van der Waals surface area contributed by atoms with Crippen LogP contribution < -0.4 is 5.32 Å². The Morgan fingerprint density at radius 3 is 2.32 bits per heavy atom. The van der Waals surface area contributed by atoms with E-state index in [0.29, 0.717) is 6.61 Å². The Morgan fingerprint density at radius 1 is 1.26 bits per heavy atom. The van der Waals surface area contributed by atoms with Crippen LogP contribution in [0.5, 0.6) is 0 Å². The molecule has 0 aliphatic carbocycles. The molecular weight excluding hydrogens is 244 g/mol. The van der Waals surface area contributed by atoms with Gasteiger partial charge in [-0.25, -0.2) is 0 Å². The molecule has 1 aliphatic heterocycles. The molecule has 1 N–H and O–H groups in total. The molecule has 110 valence electrons. The summed E-state index contributed by atoms with van der Waals surface area (Å²) >= 11 is 0. The minimum atomic E-state index is -0.280. The van der Waals surface area contributed by atoms with Crippen LogP contribution in [0.3, 0.4) is 0 Å². The summed E-state index contributed by atoms with van der Waals surface area (Å²) in [6.45, 7) is 9.43. The first-order valence-electron chi connectivity index (χ1n) is 7.17. The van der Waals surface area contributed by atoms with Crippen molar-refractivity contribution in [2.24, 2.45) is 5.92 Å². The number of nitrogens with one attached hydrogen (secondary N) is 1. The van der Waals surface area contributed by atoms with Gasteiger partial charge in [-0.15, -0.1) is 0 Å². The highest BCUT2D eigenvalue weighted by Crippen LogP contribution is 2.13. The van der Waals surface area contributed by atoms with E-state index in [4.69, 9.17) is 4.74 Å². The summed E-state index contributed by atoms with van der Waals surface area (Å²) in [4.78, 5) is 25.3. The third kappa shape index (κ3) is 4.82. The molecule has 1 rings (SSSR count). The second kappa shape index (κ2) is 7.48. The number of likely N-dealkylation sites (tertiary alicyclic amines) is 1. The van der Waals surface area contributed by atoms with E-state index < -0.39 is 0 Å². The Balaban J connectivity index is 2.34. The van der Waals surface area contributed by atoms with Gasteiger partial charge in [0.05, 0.1) is 6.61 Å². The quantitative estimate of drug-likeness (QED) is 0.762. The van der Waals surface area contributed by atoms with E-state index in [2.05, 4.69) is 5.32 Å². The molecule has 0 aromatic rings. The summed E-state index contributed by atoms with van der Waals surface area (Å²) in [5, 5.41) is 3.28. The van der Waals surface area contributed by atoms with E-state index in [0.717, 1.165) is 25.9 Å². The maximum atomic E-state index is 11.9. The van der Waals surface area contributed by atoms with Gasteiger partial charge < -0.3 is 15.0 Å². The number of piperidine rings is 1. The van der Waals surface area contributed by atoms with Crippen molar-refractivity contribution in [2.75, 3.05) is 19.7 Å². The summed E-state index contributed by atoms with van der Waals surface area (Å²) in [5.74, 6) is 0.0723. The van der Waals surface area contributed by atoms with Crippen molar-refractivity contribution >= 4 is 11.9 Å². The van der Waals surface area contributed by atoms with Gasteiger partial charge in [-0.05, 0) is 26.7 Å². The zero-order valence-corrected chi connectivity index (χ0v) is 12.4. The average Bonchev–Trinajstić information content (AvgIpc) is 2.38. The molecule has 0 aromatic heterocycles. The molecule has 1 saturated heterocycles. The number of esters is 1. The van der Waals surface area contributed by atoms with Gasteiger partial charge in [0.1, 0.15) is 6.04 Å². The highest BCUT2D eigenvalue weighted by molar-refractivity contribution is 5.78. The van der Waals surface area contributed by atoms with E-state index in [1.54, 1.807) is 6.92 Å². The van der Waals surface area contributed by atoms with Crippen LogP contribution in [0.25, 0.3) is 0 Å². The highest BCUT2D eigenvalue weighted by Gasteiger charge is 2.26. The van der Waals surface area contributed by atoms with Gasteiger partial charge >= 0.3 is 5.97 Å². The van der Waals surface area contributed by atoms with Crippen molar-refractivity contribution in [1.29, 1.82) is 0 Å². The molecule has 0 spiro atoms. The molecule has 1 amide bonds. The predicted octanol–water partition coefficient (Wildman–Crippen LogP) is 1.17. The van der Waals surface area contributed by atoms with Crippen molar-refractivity contribution in [1.82, 2.24) is 10.2 Å². The van der Waals surface area contributed by atoms with Crippen LogP contribution in [0.4, 0.5) is 0 Å². The molecule has 0 aromatic carbocycles. The fraction of sp³-hybridized carbons (Fsp3) is 0.857. The Kier molecular flexibility index (Phi) is 6.28. The van der Waals surface area contributed by atoms with E-state index in [1.165, 1.54) is 0 Å². The minimum absolute atomic E-state index is 0.0583. The van der Waals surface area contributed by atoms with E-state index >= 15 is 0 Å². The summed E-state index contributed by atoms with van der Waals surface area (Å²) < 4.78 is 4.97. The zero-order valence-electron chi connectivity index (χ0n) is 12.4. The molecule has 1 fully saturated rings. The number of hydrogen-bond acceptors (Lipinski definition) is 4. The number of ether oxygens (including phenoxy) is 1. The van der Waals surface area contributed by atoms with Crippen LogP contribution in [0.2, 0.25) is 0 Å². The number of rotatable bonds is 5. The molecule has 5 heteroatoms. The fourth-order valence-corrected chi connectivity index (χ4v) is 2.32. The van der Waals surface area contributed by atoms with Crippen LogP contribution in [-0.2, 0) is 14.3 Å². The number of carbonyl (C=O) groups excluding carboxylic acids is 2. The van der Waals surface area contributed by atoms with Gasteiger partial charge in [-0.1, -0.05) is 13.8 Å². The van der Waals surface area contributed by atoms with Crippen molar-refractivity contribution in [3.8, 4) is 0 Å². The summed E-state index contributed by atoms with van der Waals surface area (Å²) in [7, 11) is 0. The first kappa shape index (κ1) is 16.0. The molecule has 19 heavy (non-hydrogen) atoms. The number of amides is 1. The summed E-state index contributed by atoms with van der Waals surface area (Å²) in [6.07, 6.45) is 1.78. The molecular formula is C14H26N2O3. The Bertz CT molecular complexity index is 310. The van der Waals surface area contributed by atoms with Crippen molar-refractivity contribution in [3.05, 3.63) is 0 Å². The lowest BCUT2D eigenvalue weighted by Crippen LogP contribution is -2.50. The second-order valence-corrected chi connectivity index (χ2v) is 5.39. The molecule has 1 heterocycles. The van der Waals surface area contributed by atoms with Crippen LogP contribution >= 0.6 is 0 Å². The van der Waals surface area contributed by atoms with E-state index in [1.807, 2.05) is 25.7 Å². The summed E-state index contributed by atoms with van der Waals surface area (Å²) in [6, 6.07) is 0.00733. The van der Waals surface area contributed by atoms with Crippen molar-refractivity contribution in [2.45, 2.75) is 52.6 Å². The zero-order chi connectivity index (χ0) is 14.4. The lowest BCUT2D eigenvalue weighted by molar-refractivity contribution is -0.145. The first-order valence-corrected chi connectivity index (χ1v) is 7.17. The third-order valence-electron chi connectivity index (χ3n) is 3.43. The molecule has 1 aliphatic rings. The number of hydrogen-bond donors (Lipinski definition) is 1. The third-order valence-corrected chi connectivity index (χ3v) is 3.43. The normalized spacial score (nSPS) is 18.5. The van der Waals surface area contributed by atoms with Crippen LogP contribution in [-0.4, -0.2) is 48.6 Å². The Hall–Kier alpha value is -1.10. The van der Waals surface area contributed by atoms with Crippen LogP contribution in [0.15, 0.2) is 0 Å². The van der Waals surface area contributed by atoms with Crippen molar-refractivity contribution in [3.63, 3.8) is 0 Å². The van der Waals surface area contributed by atoms with Crippen LogP contribution in [0, 0.1) is 5.92 Å². The monoisotopic (exact) mass is 270 g/mol.